The summed E-state index contributed by atoms with van der Waals surface area (Å²) in [5.74, 6) is 0.995. The molecule has 0 bridgehead atoms. The Bertz CT molecular complexity index is 859. The first-order chi connectivity index (χ1) is 13.5. The van der Waals surface area contributed by atoms with Crippen LogP contribution in [0.3, 0.4) is 0 Å². The van der Waals surface area contributed by atoms with Gasteiger partial charge in [0.2, 0.25) is 5.91 Å². The van der Waals surface area contributed by atoms with E-state index < -0.39 is 0 Å². The van der Waals surface area contributed by atoms with E-state index >= 15 is 0 Å². The number of carbonyl (C=O) groups is 1. The van der Waals surface area contributed by atoms with Crippen LogP contribution in [0.4, 0.5) is 5.69 Å². The molecule has 1 amide bonds. The number of hydrogen-bond acceptors (Lipinski definition) is 3. The summed E-state index contributed by atoms with van der Waals surface area (Å²) in [7, 11) is 1.96. The van der Waals surface area contributed by atoms with E-state index in [1.54, 1.807) is 0 Å². The van der Waals surface area contributed by atoms with Crippen LogP contribution in [-0.2, 0) is 24.9 Å². The van der Waals surface area contributed by atoms with Crippen molar-refractivity contribution in [3.63, 3.8) is 0 Å². The molecule has 0 atom stereocenters. The van der Waals surface area contributed by atoms with Crippen molar-refractivity contribution in [1.29, 1.82) is 0 Å². The number of nitrogens with one attached hydrogen (secondary N) is 2. The summed E-state index contributed by atoms with van der Waals surface area (Å²) in [5.41, 5.74) is 5.49. The van der Waals surface area contributed by atoms with E-state index in [-0.39, 0.29) is 29.9 Å². The zero-order valence-electron chi connectivity index (χ0n) is 17.7. The number of halogens is 1. The Morgan fingerprint density at radius 2 is 1.93 bits per heavy atom. The van der Waals surface area contributed by atoms with Crippen molar-refractivity contribution < 1.29 is 4.79 Å². The zero-order valence-corrected chi connectivity index (χ0v) is 20.0. The second-order valence-corrected chi connectivity index (χ2v) is 7.14. The van der Waals surface area contributed by atoms with E-state index in [1.807, 2.05) is 47.8 Å². The van der Waals surface area contributed by atoms with Gasteiger partial charge in [-0.15, -0.1) is 24.0 Å². The highest BCUT2D eigenvalue weighted by Crippen LogP contribution is 2.21. The largest absolute Gasteiger partial charge is 0.357 e. The molecule has 158 valence electrons. The van der Waals surface area contributed by atoms with Gasteiger partial charge < -0.3 is 15.5 Å². The SMILES string of the molecule is CCNC(=NCc1ccc(N2CCCC2=O)cc1)NCc1c(C)nn(C)c1C.I. The second-order valence-electron chi connectivity index (χ2n) is 7.14. The molecular formula is C21H31IN6O. The molecule has 8 heteroatoms. The van der Waals surface area contributed by atoms with Crippen LogP contribution in [0, 0.1) is 13.8 Å². The fourth-order valence-electron chi connectivity index (χ4n) is 3.46. The number of guanidine groups is 1. The minimum Gasteiger partial charge on any atom is -0.357 e. The molecule has 0 radical (unpaired) electrons. The van der Waals surface area contributed by atoms with Gasteiger partial charge in [-0.05, 0) is 44.9 Å². The van der Waals surface area contributed by atoms with Gasteiger partial charge in [0.25, 0.3) is 0 Å². The second kappa shape index (κ2) is 10.6. The highest BCUT2D eigenvalue weighted by atomic mass is 127. The number of aryl methyl sites for hydroxylation is 2. The maximum absolute atomic E-state index is 11.9. The Kier molecular flexibility index (Phi) is 8.48. The third-order valence-corrected chi connectivity index (χ3v) is 5.18. The third kappa shape index (κ3) is 5.71. The smallest absolute Gasteiger partial charge is 0.227 e. The standard InChI is InChI=1S/C21H30N6O.HI/c1-5-22-21(24-14-19-15(2)25-26(4)16(19)3)23-13-17-8-10-18(11-9-17)27-12-6-7-20(27)28;/h8-11H,5-7,12-14H2,1-4H3,(H2,22,23,24);1H. The summed E-state index contributed by atoms with van der Waals surface area (Å²) in [5, 5.41) is 11.1. The van der Waals surface area contributed by atoms with Crippen molar-refractivity contribution in [3.8, 4) is 0 Å². The number of carbonyl (C=O) groups excluding carboxylic acids is 1. The van der Waals surface area contributed by atoms with Crippen molar-refractivity contribution >= 4 is 41.5 Å². The lowest BCUT2D eigenvalue weighted by atomic mass is 10.2. The van der Waals surface area contributed by atoms with Crippen LogP contribution in [0.5, 0.6) is 0 Å². The number of rotatable bonds is 6. The summed E-state index contributed by atoms with van der Waals surface area (Å²) in [6, 6.07) is 8.11. The maximum atomic E-state index is 11.9. The molecule has 0 unspecified atom stereocenters. The summed E-state index contributed by atoms with van der Waals surface area (Å²) < 4.78 is 1.91. The molecule has 0 spiro atoms. The van der Waals surface area contributed by atoms with E-state index in [9.17, 15) is 4.79 Å². The predicted molar refractivity (Wildman–Crippen MR) is 128 cm³/mol. The minimum absolute atomic E-state index is 0. The van der Waals surface area contributed by atoms with Crippen LogP contribution in [0.25, 0.3) is 0 Å². The number of hydrogen-bond donors (Lipinski definition) is 2. The first-order valence-electron chi connectivity index (χ1n) is 9.90. The fourth-order valence-corrected chi connectivity index (χ4v) is 3.46. The predicted octanol–water partition coefficient (Wildman–Crippen LogP) is 3.04. The number of amides is 1. The Morgan fingerprint density at radius 1 is 1.21 bits per heavy atom. The van der Waals surface area contributed by atoms with Crippen molar-refractivity contribution in [2.75, 3.05) is 18.0 Å². The van der Waals surface area contributed by atoms with Gasteiger partial charge in [0.1, 0.15) is 0 Å². The molecule has 0 saturated carbocycles. The van der Waals surface area contributed by atoms with Gasteiger partial charge in [0, 0.05) is 50.0 Å². The van der Waals surface area contributed by atoms with Gasteiger partial charge in [-0.3, -0.25) is 9.48 Å². The van der Waals surface area contributed by atoms with E-state index in [2.05, 4.69) is 29.6 Å². The Hall–Kier alpha value is -2.10. The Labute approximate surface area is 190 Å². The maximum Gasteiger partial charge on any atom is 0.227 e. The van der Waals surface area contributed by atoms with Gasteiger partial charge in [-0.2, -0.15) is 5.10 Å². The van der Waals surface area contributed by atoms with Crippen LogP contribution in [0.1, 0.15) is 42.3 Å². The number of anilines is 1. The molecule has 1 aliphatic heterocycles. The highest BCUT2D eigenvalue weighted by Gasteiger charge is 2.21. The first kappa shape index (κ1) is 23.2. The Morgan fingerprint density at radius 3 is 2.48 bits per heavy atom. The van der Waals surface area contributed by atoms with Crippen molar-refractivity contribution in [2.24, 2.45) is 12.0 Å². The van der Waals surface area contributed by atoms with Crippen LogP contribution in [0.15, 0.2) is 29.3 Å². The topological polar surface area (TPSA) is 74.6 Å². The highest BCUT2D eigenvalue weighted by molar-refractivity contribution is 14.0. The summed E-state index contributed by atoms with van der Waals surface area (Å²) in [6.07, 6.45) is 1.60. The van der Waals surface area contributed by atoms with Crippen LogP contribution in [-0.4, -0.2) is 34.7 Å². The molecule has 2 aromatic rings. The lowest BCUT2D eigenvalue weighted by Crippen LogP contribution is -2.37. The third-order valence-electron chi connectivity index (χ3n) is 5.18. The molecule has 0 aliphatic carbocycles. The molecule has 1 aromatic heterocycles. The average molecular weight is 510 g/mol. The number of benzene rings is 1. The van der Waals surface area contributed by atoms with E-state index in [4.69, 9.17) is 4.99 Å². The zero-order chi connectivity index (χ0) is 20.1. The van der Waals surface area contributed by atoms with Crippen molar-refractivity contribution in [1.82, 2.24) is 20.4 Å². The van der Waals surface area contributed by atoms with Gasteiger partial charge in [-0.25, -0.2) is 4.99 Å². The number of aliphatic imine (C=N–C) groups is 1. The quantitative estimate of drug-likeness (QED) is 0.356. The molecule has 1 aromatic carbocycles. The normalized spacial score (nSPS) is 14.1. The summed E-state index contributed by atoms with van der Waals surface area (Å²) in [4.78, 5) is 18.4. The van der Waals surface area contributed by atoms with Gasteiger partial charge in [0.05, 0.1) is 12.2 Å². The number of nitrogens with zero attached hydrogens (tertiary/aromatic N) is 4. The number of aromatic nitrogens is 2. The van der Waals surface area contributed by atoms with Crippen LogP contribution < -0.4 is 15.5 Å². The van der Waals surface area contributed by atoms with Gasteiger partial charge in [0.15, 0.2) is 5.96 Å². The lowest BCUT2D eigenvalue weighted by molar-refractivity contribution is -0.117. The summed E-state index contributed by atoms with van der Waals surface area (Å²) in [6.45, 7) is 9.04. The van der Waals surface area contributed by atoms with E-state index in [1.165, 1.54) is 5.56 Å². The van der Waals surface area contributed by atoms with Crippen molar-refractivity contribution in [3.05, 3.63) is 46.8 Å². The fraction of sp³-hybridized carbons (Fsp3) is 0.476. The molecule has 1 aliphatic rings. The molecule has 1 saturated heterocycles. The molecular weight excluding hydrogens is 479 g/mol. The first-order valence-corrected chi connectivity index (χ1v) is 9.90. The van der Waals surface area contributed by atoms with Gasteiger partial charge in [-0.1, -0.05) is 12.1 Å². The Balaban J connectivity index is 0.00000300. The monoisotopic (exact) mass is 510 g/mol. The molecule has 29 heavy (non-hydrogen) atoms. The molecule has 1 fully saturated rings. The van der Waals surface area contributed by atoms with Gasteiger partial charge >= 0.3 is 0 Å². The lowest BCUT2D eigenvalue weighted by Gasteiger charge is -2.16. The van der Waals surface area contributed by atoms with E-state index in [0.29, 0.717) is 19.5 Å². The summed E-state index contributed by atoms with van der Waals surface area (Å²) >= 11 is 0. The van der Waals surface area contributed by atoms with Crippen LogP contribution in [0.2, 0.25) is 0 Å². The van der Waals surface area contributed by atoms with Crippen LogP contribution >= 0.6 is 24.0 Å². The molecule has 2 N–H and O–H groups in total. The molecule has 3 rings (SSSR count). The molecule has 2 heterocycles. The van der Waals surface area contributed by atoms with E-state index in [0.717, 1.165) is 48.1 Å². The minimum atomic E-state index is 0. The van der Waals surface area contributed by atoms with Crippen molar-refractivity contribution in [2.45, 2.75) is 46.7 Å². The average Bonchev–Trinajstić information content (AvgIpc) is 3.21. The molecule has 7 nitrogen and oxygen atoms in total.